The Balaban J connectivity index is 1.66. The molecule has 2 aliphatic heterocycles. The van der Waals surface area contributed by atoms with Gasteiger partial charge in [-0.05, 0) is 51.0 Å². The number of fused-ring (bicyclic) bond motifs is 1. The lowest BCUT2D eigenvalue weighted by Crippen LogP contribution is -2.54. The Bertz CT molecular complexity index is 286. The highest BCUT2D eigenvalue weighted by Gasteiger charge is 2.39. The minimum absolute atomic E-state index is 0.248. The molecule has 2 N–H and O–H groups in total. The Morgan fingerprint density at radius 2 is 1.95 bits per heavy atom. The molecule has 3 heteroatoms. The average molecular weight is 266 g/mol. The van der Waals surface area contributed by atoms with Crippen molar-refractivity contribution in [3.63, 3.8) is 0 Å². The predicted molar refractivity (Wildman–Crippen MR) is 78.1 cm³/mol. The highest BCUT2D eigenvalue weighted by Crippen LogP contribution is 2.38. The van der Waals surface area contributed by atoms with Crippen molar-refractivity contribution in [2.45, 2.75) is 57.4 Å². The van der Waals surface area contributed by atoms with E-state index in [1.54, 1.807) is 0 Å². The van der Waals surface area contributed by atoms with Gasteiger partial charge >= 0.3 is 0 Å². The molecule has 1 aliphatic carbocycles. The Morgan fingerprint density at radius 1 is 1.11 bits per heavy atom. The molecular formula is C16H30N2O. The van der Waals surface area contributed by atoms with Crippen molar-refractivity contribution in [2.24, 2.45) is 17.1 Å². The summed E-state index contributed by atoms with van der Waals surface area (Å²) in [7, 11) is 0. The largest absolute Gasteiger partial charge is 0.381 e. The van der Waals surface area contributed by atoms with E-state index < -0.39 is 0 Å². The predicted octanol–water partition coefficient (Wildman–Crippen LogP) is 2.40. The maximum Gasteiger partial charge on any atom is 0.0546 e. The van der Waals surface area contributed by atoms with Crippen molar-refractivity contribution >= 4 is 0 Å². The fraction of sp³-hybridized carbons (Fsp3) is 1.00. The van der Waals surface area contributed by atoms with E-state index in [0.29, 0.717) is 0 Å². The van der Waals surface area contributed by atoms with Gasteiger partial charge in [0.2, 0.25) is 0 Å². The van der Waals surface area contributed by atoms with E-state index in [4.69, 9.17) is 10.5 Å². The Labute approximate surface area is 117 Å². The van der Waals surface area contributed by atoms with Crippen molar-refractivity contribution in [1.82, 2.24) is 4.90 Å². The molecule has 0 bridgehead atoms. The van der Waals surface area contributed by atoms with E-state index in [1.807, 2.05) is 0 Å². The third-order valence-corrected chi connectivity index (χ3v) is 5.73. The lowest BCUT2D eigenvalue weighted by Gasteiger charge is -2.48. The van der Waals surface area contributed by atoms with Crippen LogP contribution in [0.2, 0.25) is 0 Å². The first-order valence-corrected chi connectivity index (χ1v) is 8.35. The minimum atomic E-state index is 0.248. The topological polar surface area (TPSA) is 38.5 Å². The summed E-state index contributed by atoms with van der Waals surface area (Å²) in [5.74, 6) is 0.974. The van der Waals surface area contributed by atoms with Crippen LogP contribution in [0.15, 0.2) is 0 Å². The van der Waals surface area contributed by atoms with Crippen LogP contribution in [0.3, 0.4) is 0 Å². The van der Waals surface area contributed by atoms with Crippen LogP contribution in [0.25, 0.3) is 0 Å². The molecule has 1 saturated carbocycles. The lowest BCUT2D eigenvalue weighted by molar-refractivity contribution is -0.0462. The molecule has 0 aromatic carbocycles. The first-order chi connectivity index (χ1) is 9.33. The number of piperidine rings is 1. The first kappa shape index (κ1) is 13.8. The van der Waals surface area contributed by atoms with Gasteiger partial charge in [0.1, 0.15) is 0 Å². The summed E-state index contributed by atoms with van der Waals surface area (Å²) >= 11 is 0. The highest BCUT2D eigenvalue weighted by atomic mass is 16.5. The van der Waals surface area contributed by atoms with Crippen LogP contribution in [-0.2, 0) is 4.74 Å². The summed E-state index contributed by atoms with van der Waals surface area (Å²) < 4.78 is 5.75. The number of nitrogens with two attached hydrogens (primary N) is 1. The highest BCUT2D eigenvalue weighted by molar-refractivity contribution is 4.93. The molecule has 0 aromatic rings. The fourth-order valence-corrected chi connectivity index (χ4v) is 4.62. The summed E-state index contributed by atoms with van der Waals surface area (Å²) in [6.45, 7) is 5.10. The van der Waals surface area contributed by atoms with Gasteiger partial charge in [-0.15, -0.1) is 0 Å². The first-order valence-electron chi connectivity index (χ1n) is 8.35. The molecule has 3 nitrogen and oxygen atoms in total. The van der Waals surface area contributed by atoms with Gasteiger partial charge in [0.15, 0.2) is 0 Å². The van der Waals surface area contributed by atoms with E-state index in [0.717, 1.165) is 31.7 Å². The van der Waals surface area contributed by atoms with Crippen LogP contribution >= 0.6 is 0 Å². The summed E-state index contributed by atoms with van der Waals surface area (Å²) in [5, 5.41) is 0. The number of hydrogen-bond acceptors (Lipinski definition) is 3. The summed E-state index contributed by atoms with van der Waals surface area (Å²) in [6, 6.07) is 0.854. The molecule has 3 fully saturated rings. The molecule has 3 rings (SSSR count). The lowest BCUT2D eigenvalue weighted by atomic mass is 9.75. The third kappa shape index (κ3) is 2.98. The summed E-state index contributed by atoms with van der Waals surface area (Å²) in [5.41, 5.74) is 6.36. The number of rotatable bonds is 3. The van der Waals surface area contributed by atoms with Crippen LogP contribution in [0, 0.1) is 11.3 Å². The minimum Gasteiger partial charge on any atom is -0.381 e. The quantitative estimate of drug-likeness (QED) is 0.852. The van der Waals surface area contributed by atoms with E-state index in [2.05, 4.69) is 4.90 Å². The van der Waals surface area contributed by atoms with Gasteiger partial charge in [-0.1, -0.05) is 12.8 Å². The summed E-state index contributed by atoms with van der Waals surface area (Å²) in [4.78, 5) is 2.79. The van der Waals surface area contributed by atoms with Gasteiger partial charge in [-0.3, -0.25) is 4.90 Å². The molecule has 110 valence electrons. The van der Waals surface area contributed by atoms with Crippen molar-refractivity contribution in [2.75, 3.05) is 32.8 Å². The zero-order valence-electron chi connectivity index (χ0n) is 12.3. The van der Waals surface area contributed by atoms with Crippen LogP contribution in [0.1, 0.15) is 51.4 Å². The summed E-state index contributed by atoms with van der Waals surface area (Å²) in [6.07, 6.45) is 11.1. The van der Waals surface area contributed by atoms with E-state index >= 15 is 0 Å². The Morgan fingerprint density at radius 3 is 2.74 bits per heavy atom. The molecule has 0 amide bonds. The molecule has 0 spiro atoms. The molecule has 19 heavy (non-hydrogen) atoms. The maximum absolute atomic E-state index is 6.12. The van der Waals surface area contributed by atoms with Crippen LogP contribution in [0.4, 0.5) is 0 Å². The van der Waals surface area contributed by atoms with E-state index in [1.165, 1.54) is 64.5 Å². The number of likely N-dealkylation sites (tertiary alicyclic amines) is 1. The number of ether oxygens (including phenoxy) is 1. The Kier molecular flexibility index (Phi) is 4.45. The van der Waals surface area contributed by atoms with Crippen molar-refractivity contribution in [3.8, 4) is 0 Å². The zero-order chi connectivity index (χ0) is 13.1. The monoisotopic (exact) mass is 266 g/mol. The van der Waals surface area contributed by atoms with Crippen molar-refractivity contribution in [3.05, 3.63) is 0 Å². The number of nitrogens with zero attached hydrogens (tertiary/aromatic N) is 1. The Hall–Kier alpha value is -0.120. The van der Waals surface area contributed by atoms with Crippen LogP contribution in [-0.4, -0.2) is 43.8 Å². The van der Waals surface area contributed by atoms with Crippen LogP contribution in [0.5, 0.6) is 0 Å². The van der Waals surface area contributed by atoms with E-state index in [9.17, 15) is 0 Å². The maximum atomic E-state index is 6.12. The van der Waals surface area contributed by atoms with Gasteiger partial charge < -0.3 is 10.5 Å². The van der Waals surface area contributed by atoms with Gasteiger partial charge in [-0.25, -0.2) is 0 Å². The smallest absolute Gasteiger partial charge is 0.0546 e. The molecular weight excluding hydrogens is 236 g/mol. The normalized spacial score (nSPS) is 40.9. The van der Waals surface area contributed by atoms with Crippen LogP contribution < -0.4 is 5.73 Å². The molecule has 0 aromatic heterocycles. The fourth-order valence-electron chi connectivity index (χ4n) is 4.62. The van der Waals surface area contributed by atoms with E-state index in [-0.39, 0.29) is 5.41 Å². The van der Waals surface area contributed by atoms with Gasteiger partial charge in [0, 0.05) is 31.2 Å². The van der Waals surface area contributed by atoms with Crippen molar-refractivity contribution in [1.29, 1.82) is 0 Å². The standard InChI is InChI=1S/C16H30N2O/c17-11-16(8-4-10-19-13-16)12-18-9-3-6-14-5-1-2-7-15(14)18/h14-15H,1-13,17H2. The van der Waals surface area contributed by atoms with Gasteiger partial charge in [0.05, 0.1) is 6.61 Å². The molecule has 2 heterocycles. The molecule has 2 saturated heterocycles. The zero-order valence-corrected chi connectivity index (χ0v) is 12.3. The second kappa shape index (κ2) is 6.11. The van der Waals surface area contributed by atoms with Crippen molar-refractivity contribution < 1.29 is 4.74 Å². The van der Waals surface area contributed by atoms with Gasteiger partial charge in [0.25, 0.3) is 0 Å². The average Bonchev–Trinajstić information content (AvgIpc) is 2.49. The molecule has 3 unspecified atom stereocenters. The molecule has 3 aliphatic rings. The van der Waals surface area contributed by atoms with Gasteiger partial charge in [-0.2, -0.15) is 0 Å². The second-order valence-electron chi connectivity index (χ2n) is 7.08. The SMILES string of the molecule is NCC1(CN2CCCC3CCCCC32)CCCOC1. The third-order valence-electron chi connectivity index (χ3n) is 5.73. The second-order valence-corrected chi connectivity index (χ2v) is 7.08. The molecule has 3 atom stereocenters. The molecule has 0 radical (unpaired) electrons. The number of hydrogen-bond donors (Lipinski definition) is 1.